The number of nitrogens with one attached hydrogen (secondary N) is 1. The van der Waals surface area contributed by atoms with Gasteiger partial charge in [0, 0.05) is 18.3 Å². The minimum Gasteiger partial charge on any atom is -0.370 e. The van der Waals surface area contributed by atoms with E-state index >= 15 is 0 Å². The van der Waals surface area contributed by atoms with Crippen LogP contribution in [0, 0.1) is 30.6 Å². The molecular formula is C14H23N3. The second-order valence-electron chi connectivity index (χ2n) is 6.32. The number of nitrogens with zero attached hydrogens (tertiary/aromatic N) is 2. The summed E-state index contributed by atoms with van der Waals surface area (Å²) in [5.74, 6) is 2.50. The standard InChI is InChI=1S/C14H23N3/c1-9-7-12(17-10(2)16-9)15-8-11-13(3,4)14(11,5)6/h7,11H,8H2,1-6H3,(H,15,16,17). The molecule has 0 aromatic carbocycles. The highest BCUT2D eigenvalue weighted by atomic mass is 15.0. The van der Waals surface area contributed by atoms with E-state index in [4.69, 9.17) is 0 Å². The first-order valence-corrected chi connectivity index (χ1v) is 6.31. The summed E-state index contributed by atoms with van der Waals surface area (Å²) in [6.07, 6.45) is 0. The van der Waals surface area contributed by atoms with Crippen LogP contribution in [-0.4, -0.2) is 16.5 Å². The molecule has 1 N–H and O–H groups in total. The molecule has 1 heterocycles. The van der Waals surface area contributed by atoms with Gasteiger partial charge in [0.2, 0.25) is 0 Å². The lowest BCUT2D eigenvalue weighted by molar-refractivity contribution is 0.457. The molecule has 0 spiro atoms. The lowest BCUT2D eigenvalue weighted by Crippen LogP contribution is -2.10. The molecule has 94 valence electrons. The highest BCUT2D eigenvalue weighted by Gasteiger charge is 2.64. The van der Waals surface area contributed by atoms with Crippen LogP contribution < -0.4 is 5.32 Å². The minimum absolute atomic E-state index is 0.428. The zero-order chi connectivity index (χ0) is 12.8. The summed E-state index contributed by atoms with van der Waals surface area (Å²) < 4.78 is 0. The quantitative estimate of drug-likeness (QED) is 0.871. The van der Waals surface area contributed by atoms with Crippen LogP contribution in [-0.2, 0) is 0 Å². The van der Waals surface area contributed by atoms with Crippen molar-refractivity contribution in [2.45, 2.75) is 41.5 Å². The van der Waals surface area contributed by atoms with E-state index in [9.17, 15) is 0 Å². The molecule has 0 bridgehead atoms. The topological polar surface area (TPSA) is 37.8 Å². The van der Waals surface area contributed by atoms with Crippen molar-refractivity contribution >= 4 is 5.82 Å². The van der Waals surface area contributed by atoms with Crippen molar-refractivity contribution in [2.75, 3.05) is 11.9 Å². The van der Waals surface area contributed by atoms with Gasteiger partial charge in [-0.1, -0.05) is 27.7 Å². The van der Waals surface area contributed by atoms with E-state index in [-0.39, 0.29) is 0 Å². The van der Waals surface area contributed by atoms with Gasteiger partial charge < -0.3 is 5.32 Å². The molecule has 0 radical (unpaired) electrons. The highest BCUT2D eigenvalue weighted by Crippen LogP contribution is 2.68. The largest absolute Gasteiger partial charge is 0.370 e. The SMILES string of the molecule is Cc1cc(NCC2C(C)(C)C2(C)C)nc(C)n1. The number of rotatable bonds is 3. The fourth-order valence-electron chi connectivity index (χ4n) is 2.86. The van der Waals surface area contributed by atoms with Crippen LogP contribution in [0.5, 0.6) is 0 Å². The van der Waals surface area contributed by atoms with Gasteiger partial charge in [-0.25, -0.2) is 9.97 Å². The summed E-state index contributed by atoms with van der Waals surface area (Å²) in [6, 6.07) is 2.01. The fraction of sp³-hybridized carbons (Fsp3) is 0.714. The Hall–Kier alpha value is -1.12. The lowest BCUT2D eigenvalue weighted by atomic mass is 10.0. The van der Waals surface area contributed by atoms with E-state index in [0.717, 1.165) is 23.9 Å². The predicted octanol–water partition coefficient (Wildman–Crippen LogP) is 3.19. The first-order valence-electron chi connectivity index (χ1n) is 6.31. The van der Waals surface area contributed by atoms with Crippen LogP contribution in [0.25, 0.3) is 0 Å². The molecule has 3 nitrogen and oxygen atoms in total. The molecule has 0 aliphatic heterocycles. The number of hydrogen-bond donors (Lipinski definition) is 1. The van der Waals surface area contributed by atoms with Crippen molar-refractivity contribution in [3.8, 4) is 0 Å². The number of anilines is 1. The third-order valence-corrected chi connectivity index (χ3v) is 4.77. The third-order valence-electron chi connectivity index (χ3n) is 4.77. The average molecular weight is 233 g/mol. The van der Waals surface area contributed by atoms with Gasteiger partial charge in [0.25, 0.3) is 0 Å². The van der Waals surface area contributed by atoms with Crippen LogP contribution in [0.15, 0.2) is 6.07 Å². The molecule has 17 heavy (non-hydrogen) atoms. The Morgan fingerprint density at radius 3 is 2.18 bits per heavy atom. The first kappa shape index (κ1) is 12.3. The Bertz CT molecular complexity index is 401. The van der Waals surface area contributed by atoms with Crippen LogP contribution in [0.2, 0.25) is 0 Å². The highest BCUT2D eigenvalue weighted by molar-refractivity contribution is 5.36. The van der Waals surface area contributed by atoms with Gasteiger partial charge in [0.1, 0.15) is 11.6 Å². The number of aryl methyl sites for hydroxylation is 2. The number of aromatic nitrogens is 2. The maximum absolute atomic E-state index is 4.41. The molecule has 3 heteroatoms. The molecule has 1 saturated carbocycles. The van der Waals surface area contributed by atoms with Crippen LogP contribution in [0.3, 0.4) is 0 Å². The van der Waals surface area contributed by atoms with Crippen LogP contribution >= 0.6 is 0 Å². The monoisotopic (exact) mass is 233 g/mol. The minimum atomic E-state index is 0.428. The van der Waals surface area contributed by atoms with Gasteiger partial charge >= 0.3 is 0 Å². The van der Waals surface area contributed by atoms with Crippen molar-refractivity contribution < 1.29 is 0 Å². The molecule has 2 rings (SSSR count). The van der Waals surface area contributed by atoms with Crippen molar-refractivity contribution in [3.63, 3.8) is 0 Å². The van der Waals surface area contributed by atoms with E-state index < -0.39 is 0 Å². The Morgan fingerprint density at radius 2 is 1.71 bits per heavy atom. The molecule has 0 amide bonds. The van der Waals surface area contributed by atoms with E-state index in [0.29, 0.717) is 16.7 Å². The summed E-state index contributed by atoms with van der Waals surface area (Å²) in [7, 11) is 0. The maximum Gasteiger partial charge on any atom is 0.129 e. The molecule has 1 aliphatic rings. The van der Waals surface area contributed by atoms with Gasteiger partial charge in [0.15, 0.2) is 0 Å². The van der Waals surface area contributed by atoms with Gasteiger partial charge in [-0.15, -0.1) is 0 Å². The Balaban J connectivity index is 2.00. The first-order chi connectivity index (χ1) is 7.75. The van der Waals surface area contributed by atoms with Crippen molar-refractivity contribution in [2.24, 2.45) is 16.7 Å². The van der Waals surface area contributed by atoms with E-state index in [2.05, 4.69) is 43.0 Å². The van der Waals surface area contributed by atoms with Gasteiger partial charge in [-0.05, 0) is 30.6 Å². The lowest BCUT2D eigenvalue weighted by Gasteiger charge is -2.08. The molecule has 0 atom stereocenters. The molecule has 0 saturated heterocycles. The molecule has 0 unspecified atom stereocenters. The molecule has 1 aromatic heterocycles. The second-order valence-corrected chi connectivity index (χ2v) is 6.32. The molecular weight excluding hydrogens is 210 g/mol. The normalized spacial score (nSPS) is 21.3. The van der Waals surface area contributed by atoms with Crippen molar-refractivity contribution in [3.05, 3.63) is 17.6 Å². The predicted molar refractivity (Wildman–Crippen MR) is 71.0 cm³/mol. The third kappa shape index (κ3) is 2.03. The van der Waals surface area contributed by atoms with Crippen LogP contribution in [0.1, 0.15) is 39.2 Å². The summed E-state index contributed by atoms with van der Waals surface area (Å²) in [5.41, 5.74) is 1.88. The second kappa shape index (κ2) is 3.69. The Kier molecular flexibility index (Phi) is 2.68. The molecule has 1 fully saturated rings. The maximum atomic E-state index is 4.41. The molecule has 1 aromatic rings. The van der Waals surface area contributed by atoms with Gasteiger partial charge in [-0.2, -0.15) is 0 Å². The van der Waals surface area contributed by atoms with Gasteiger partial charge in [0.05, 0.1) is 0 Å². The average Bonchev–Trinajstić information content (AvgIpc) is 2.53. The summed E-state index contributed by atoms with van der Waals surface area (Å²) in [4.78, 5) is 8.69. The van der Waals surface area contributed by atoms with Crippen LogP contribution in [0.4, 0.5) is 5.82 Å². The summed E-state index contributed by atoms with van der Waals surface area (Å²) in [5, 5.41) is 3.45. The van der Waals surface area contributed by atoms with Crippen molar-refractivity contribution in [1.82, 2.24) is 9.97 Å². The zero-order valence-corrected chi connectivity index (χ0v) is 11.8. The molecule has 1 aliphatic carbocycles. The number of hydrogen-bond acceptors (Lipinski definition) is 3. The fourth-order valence-corrected chi connectivity index (χ4v) is 2.86. The summed E-state index contributed by atoms with van der Waals surface area (Å²) in [6.45, 7) is 14.3. The Labute approximate surface area is 104 Å². The Morgan fingerprint density at radius 1 is 1.12 bits per heavy atom. The van der Waals surface area contributed by atoms with E-state index in [1.807, 2.05) is 19.9 Å². The summed E-state index contributed by atoms with van der Waals surface area (Å²) >= 11 is 0. The van der Waals surface area contributed by atoms with Gasteiger partial charge in [-0.3, -0.25) is 0 Å². The van der Waals surface area contributed by atoms with E-state index in [1.165, 1.54) is 0 Å². The van der Waals surface area contributed by atoms with Crippen molar-refractivity contribution in [1.29, 1.82) is 0 Å². The van der Waals surface area contributed by atoms with E-state index in [1.54, 1.807) is 0 Å². The smallest absolute Gasteiger partial charge is 0.129 e. The zero-order valence-electron chi connectivity index (χ0n) is 11.8.